The molecule has 0 unspecified atom stereocenters. The van der Waals surface area contributed by atoms with Crippen LogP contribution in [0.15, 0.2) is 60.7 Å². The molecule has 0 atom stereocenters. The van der Waals surface area contributed by atoms with Crippen molar-refractivity contribution in [2.24, 2.45) is 0 Å². The minimum absolute atomic E-state index is 0. The van der Waals surface area contributed by atoms with Gasteiger partial charge in [0.25, 0.3) is 0 Å². The number of hydrogen-bond acceptors (Lipinski definition) is 2. The van der Waals surface area contributed by atoms with E-state index in [2.05, 4.69) is 38.3 Å². The fourth-order valence-corrected chi connectivity index (χ4v) is 5.97. The van der Waals surface area contributed by atoms with Crippen molar-refractivity contribution in [2.45, 2.75) is 104 Å². The summed E-state index contributed by atoms with van der Waals surface area (Å²) in [5.41, 5.74) is -9.28. The molecule has 0 aliphatic carbocycles. The van der Waals surface area contributed by atoms with Crippen molar-refractivity contribution in [3.05, 3.63) is 82.9 Å². The van der Waals surface area contributed by atoms with Gasteiger partial charge in [0, 0.05) is 11.4 Å². The maximum atomic E-state index is 13.1. The molecule has 0 aliphatic heterocycles. The van der Waals surface area contributed by atoms with Crippen LogP contribution in [0, 0.1) is 0 Å². The third-order valence-electron chi connectivity index (χ3n) is 9.06. The summed E-state index contributed by atoms with van der Waals surface area (Å²) in [6.07, 6.45) is -9.72. The monoisotopic (exact) mass is 895 g/mol. The molecule has 3 rings (SSSR count). The largest absolute Gasteiger partial charge is 1.00 e. The summed E-state index contributed by atoms with van der Waals surface area (Å²) in [7, 11) is 0. The highest BCUT2D eigenvalue weighted by atomic mass is 35.5. The van der Waals surface area contributed by atoms with Crippen molar-refractivity contribution < 1.29 is 79.2 Å². The van der Waals surface area contributed by atoms with Gasteiger partial charge in [0.05, 0.1) is 59.8 Å². The Morgan fingerprint density at radius 3 is 0.917 bits per heavy atom. The van der Waals surface area contributed by atoms with Crippen LogP contribution < -0.4 is 33.7 Å². The van der Waals surface area contributed by atoms with E-state index in [4.69, 9.17) is 0 Å². The number of amides is 4. The minimum atomic E-state index is -5.20. The lowest BCUT2D eigenvalue weighted by Gasteiger charge is -2.39. The lowest BCUT2D eigenvalue weighted by molar-refractivity contribution is -0.929. The highest BCUT2D eigenvalue weighted by Crippen LogP contribution is 2.39. The number of alkyl halides is 12. The maximum absolute atomic E-state index is 13.1. The van der Waals surface area contributed by atoms with E-state index in [1.54, 1.807) is 10.6 Å². The van der Waals surface area contributed by atoms with Gasteiger partial charge in [-0.1, -0.05) is 65.5 Å². The Morgan fingerprint density at radius 2 is 0.700 bits per heavy atom. The van der Waals surface area contributed by atoms with Crippen LogP contribution in [0.1, 0.15) is 101 Å². The van der Waals surface area contributed by atoms with Crippen molar-refractivity contribution in [3.8, 4) is 0 Å². The molecule has 3 aromatic rings. The van der Waals surface area contributed by atoms with Gasteiger partial charge in [-0.25, -0.2) is 9.59 Å². The van der Waals surface area contributed by atoms with Gasteiger partial charge in [0.2, 0.25) is 0 Å². The number of hydrogen-bond donors (Lipinski definition) is 4. The van der Waals surface area contributed by atoms with Crippen LogP contribution in [-0.4, -0.2) is 42.7 Å². The molecule has 338 valence electrons. The maximum Gasteiger partial charge on any atom is 0.416 e. The zero-order valence-electron chi connectivity index (χ0n) is 33.4. The van der Waals surface area contributed by atoms with E-state index in [-0.39, 0.29) is 60.2 Å². The summed E-state index contributed by atoms with van der Waals surface area (Å²) in [6.45, 7) is 15.0. The van der Waals surface area contributed by atoms with E-state index in [1.165, 1.54) is 94.2 Å². The van der Waals surface area contributed by atoms with Crippen molar-refractivity contribution in [1.29, 1.82) is 0 Å². The zero-order chi connectivity index (χ0) is 44.7. The predicted octanol–water partition coefficient (Wildman–Crippen LogP) is 11.1. The molecule has 0 heterocycles. The van der Waals surface area contributed by atoms with Crippen LogP contribution in [0.4, 0.5) is 85.0 Å². The Labute approximate surface area is 347 Å². The van der Waals surface area contributed by atoms with Gasteiger partial charge in [-0.15, -0.1) is 0 Å². The smallest absolute Gasteiger partial charge is 0.416 e. The van der Waals surface area contributed by atoms with Gasteiger partial charge in [0.15, 0.2) is 0 Å². The van der Waals surface area contributed by atoms with E-state index in [1.807, 2.05) is 0 Å². The third-order valence-corrected chi connectivity index (χ3v) is 9.06. The highest BCUT2D eigenvalue weighted by molar-refractivity contribution is 6.06. The second-order valence-corrected chi connectivity index (χ2v) is 13.9. The van der Waals surface area contributed by atoms with Gasteiger partial charge in [-0.2, -0.15) is 52.7 Å². The van der Waals surface area contributed by atoms with Gasteiger partial charge >= 0.3 is 36.8 Å². The topological polar surface area (TPSA) is 82.3 Å². The first-order chi connectivity index (χ1) is 27.4. The van der Waals surface area contributed by atoms with E-state index in [0.717, 1.165) is 12.1 Å². The first-order valence-corrected chi connectivity index (χ1v) is 19.1. The molecule has 4 N–H and O–H groups in total. The Kier molecular flexibility index (Phi) is 21.1. The SMILES string of the molecule is CCCC[N+](CCCC)(CCCC)CCCC.O=C(Nc1cc(C(F)(F)F)cc(C(F)(F)F)c1)Nc1ccccc1NC(=O)Nc1cc(C(F)(F)F)cc(C(F)(F)F)c1.[Cl-]. The van der Waals surface area contributed by atoms with Crippen LogP contribution in [0.3, 0.4) is 0 Å². The number of nitrogens with zero attached hydrogens (tertiary/aromatic N) is 1. The number of urea groups is 2. The van der Waals surface area contributed by atoms with Crippen LogP contribution >= 0.6 is 0 Å². The standard InChI is InChI=1S/C24H14F12N4O2.C16H36N.ClH/c25-21(26,27)11-5-12(22(28,29)30)8-15(7-11)37-19(41)39-17-3-1-2-4-18(17)40-20(42)38-16-9-13(23(31,32)33)6-14(10-16)24(34,35)36;1-5-9-13-17(14-10-6-2,15-11-7-3)16-12-8-4;/h1-10H,(H2,37,39,41)(H2,38,40,42);5-16H2,1-4H3;1H/q;+1;/p-1. The lowest BCUT2D eigenvalue weighted by Crippen LogP contribution is -3.00. The summed E-state index contributed by atoms with van der Waals surface area (Å²) in [4.78, 5) is 24.7. The number of nitrogens with one attached hydrogen (secondary N) is 4. The number of rotatable bonds is 16. The van der Waals surface area contributed by atoms with Crippen LogP contribution in [0.5, 0.6) is 0 Å². The van der Waals surface area contributed by atoms with Gasteiger partial charge < -0.3 is 38.2 Å². The molecular formula is C40H50ClF12N5O2. The molecule has 0 aliphatic rings. The van der Waals surface area contributed by atoms with E-state index in [9.17, 15) is 62.3 Å². The molecule has 0 radical (unpaired) electrons. The van der Waals surface area contributed by atoms with Gasteiger partial charge in [-0.05, 0) is 74.2 Å². The zero-order valence-corrected chi connectivity index (χ0v) is 34.2. The third kappa shape index (κ3) is 18.1. The van der Waals surface area contributed by atoms with Crippen LogP contribution in [0.25, 0.3) is 0 Å². The van der Waals surface area contributed by atoms with Crippen LogP contribution in [0.2, 0.25) is 0 Å². The van der Waals surface area contributed by atoms with Crippen molar-refractivity contribution in [1.82, 2.24) is 0 Å². The number of carbonyl (C=O) groups is 2. The summed E-state index contributed by atoms with van der Waals surface area (Å²) >= 11 is 0. The average molecular weight is 896 g/mol. The van der Waals surface area contributed by atoms with Gasteiger partial charge in [-0.3, -0.25) is 0 Å². The van der Waals surface area contributed by atoms with E-state index >= 15 is 0 Å². The van der Waals surface area contributed by atoms with Gasteiger partial charge in [0.1, 0.15) is 0 Å². The van der Waals surface area contributed by atoms with Crippen molar-refractivity contribution in [2.75, 3.05) is 47.4 Å². The molecule has 0 saturated carbocycles. The number of quaternary nitrogens is 1. The molecular weight excluding hydrogens is 846 g/mol. The molecule has 0 spiro atoms. The quantitative estimate of drug-likeness (QED) is 0.0853. The average Bonchev–Trinajstić information content (AvgIpc) is 3.13. The highest BCUT2D eigenvalue weighted by Gasteiger charge is 2.38. The molecule has 7 nitrogen and oxygen atoms in total. The van der Waals surface area contributed by atoms with E-state index in [0.29, 0.717) is 0 Å². The molecule has 0 bridgehead atoms. The first kappa shape index (κ1) is 53.6. The summed E-state index contributed by atoms with van der Waals surface area (Å²) in [5, 5.41) is 7.67. The molecule has 0 fully saturated rings. The number of para-hydroxylation sites is 2. The number of halogens is 13. The fraction of sp³-hybridized carbons (Fsp3) is 0.500. The fourth-order valence-electron chi connectivity index (χ4n) is 5.97. The summed E-state index contributed by atoms with van der Waals surface area (Å²) in [6, 6.07) is 2.62. The minimum Gasteiger partial charge on any atom is -1.00 e. The van der Waals surface area contributed by atoms with E-state index < -0.39 is 70.4 Å². The summed E-state index contributed by atoms with van der Waals surface area (Å²) < 4.78 is 158. The normalized spacial score (nSPS) is 12.1. The second kappa shape index (κ2) is 23.6. The Morgan fingerprint density at radius 1 is 0.450 bits per heavy atom. The first-order valence-electron chi connectivity index (χ1n) is 19.1. The number of benzene rings is 3. The Hall–Kier alpha value is -4.39. The second-order valence-electron chi connectivity index (χ2n) is 13.9. The summed E-state index contributed by atoms with van der Waals surface area (Å²) in [5.74, 6) is 0. The Balaban J connectivity index is 0.000000845. The number of anilines is 4. The Bertz CT molecular complexity index is 1590. The molecule has 20 heteroatoms. The lowest BCUT2D eigenvalue weighted by atomic mass is 10.1. The van der Waals surface area contributed by atoms with Crippen molar-refractivity contribution in [3.63, 3.8) is 0 Å². The molecule has 60 heavy (non-hydrogen) atoms. The molecule has 0 aromatic heterocycles. The number of unbranched alkanes of at least 4 members (excludes halogenated alkanes) is 4. The molecule has 0 saturated heterocycles. The predicted molar refractivity (Wildman–Crippen MR) is 204 cm³/mol. The molecule has 4 amide bonds. The van der Waals surface area contributed by atoms with Crippen molar-refractivity contribution >= 4 is 34.8 Å². The van der Waals surface area contributed by atoms with Crippen LogP contribution in [-0.2, 0) is 24.7 Å². The molecule has 3 aromatic carbocycles. The number of carbonyl (C=O) groups excluding carboxylic acids is 2.